The second-order valence-electron chi connectivity index (χ2n) is 3.45. The predicted molar refractivity (Wildman–Crippen MR) is 50.0 cm³/mol. The van der Waals surface area contributed by atoms with E-state index in [-0.39, 0.29) is 5.82 Å². The van der Waals surface area contributed by atoms with Crippen molar-refractivity contribution in [2.75, 3.05) is 5.32 Å². The van der Waals surface area contributed by atoms with Crippen LogP contribution in [0.25, 0.3) is 0 Å². The number of carbonyl (C=O) groups is 2. The van der Waals surface area contributed by atoms with Crippen molar-refractivity contribution in [3.63, 3.8) is 0 Å². The van der Waals surface area contributed by atoms with Crippen LogP contribution < -0.4 is 5.32 Å². The number of aliphatic carboxylic acids is 1. The lowest BCUT2D eigenvalue weighted by atomic mass is 10.1. The highest BCUT2D eigenvalue weighted by molar-refractivity contribution is 6.10. The molecular weight excluding hydrogens is 198 g/mol. The molecule has 0 spiro atoms. The second-order valence-corrected chi connectivity index (χ2v) is 3.45. The molecule has 0 atom stereocenters. The standard InChI is InChI=1S/C9H9N3O3/c13-7(9(3-4-9)8(14)15)11-6-2-1-5-10-12-6/h1-2,5H,3-4H2,(H,14,15)(H,11,12,13). The number of nitrogens with zero attached hydrogens (tertiary/aromatic N) is 2. The molecule has 78 valence electrons. The van der Waals surface area contributed by atoms with E-state index in [4.69, 9.17) is 5.11 Å². The van der Waals surface area contributed by atoms with Gasteiger partial charge in [0.05, 0.1) is 0 Å². The van der Waals surface area contributed by atoms with Gasteiger partial charge in [-0.25, -0.2) is 0 Å². The van der Waals surface area contributed by atoms with Crippen molar-refractivity contribution in [3.8, 4) is 0 Å². The van der Waals surface area contributed by atoms with Crippen molar-refractivity contribution in [2.45, 2.75) is 12.8 Å². The van der Waals surface area contributed by atoms with Gasteiger partial charge in [0.15, 0.2) is 5.82 Å². The molecule has 1 aliphatic rings. The smallest absolute Gasteiger partial charge is 0.319 e. The van der Waals surface area contributed by atoms with Crippen molar-refractivity contribution in [3.05, 3.63) is 18.3 Å². The zero-order valence-corrected chi connectivity index (χ0v) is 7.80. The Balaban J connectivity index is 2.08. The van der Waals surface area contributed by atoms with Crippen molar-refractivity contribution in [1.29, 1.82) is 0 Å². The van der Waals surface area contributed by atoms with E-state index in [9.17, 15) is 9.59 Å². The number of anilines is 1. The average molecular weight is 207 g/mol. The van der Waals surface area contributed by atoms with Crippen LogP contribution in [-0.4, -0.2) is 27.2 Å². The number of carboxylic acid groups (broad SMARTS) is 1. The molecular formula is C9H9N3O3. The van der Waals surface area contributed by atoms with Crippen LogP contribution in [0.3, 0.4) is 0 Å². The van der Waals surface area contributed by atoms with Crippen molar-refractivity contribution in [2.24, 2.45) is 5.41 Å². The first kappa shape index (κ1) is 9.57. The van der Waals surface area contributed by atoms with Crippen molar-refractivity contribution < 1.29 is 14.7 Å². The van der Waals surface area contributed by atoms with Crippen LogP contribution in [0.1, 0.15) is 12.8 Å². The van der Waals surface area contributed by atoms with E-state index in [0.29, 0.717) is 12.8 Å². The average Bonchev–Trinajstić information content (AvgIpc) is 2.99. The van der Waals surface area contributed by atoms with Crippen LogP contribution in [0.15, 0.2) is 18.3 Å². The predicted octanol–water partition coefficient (Wildman–Crippen LogP) is 0.280. The molecule has 2 rings (SSSR count). The van der Waals surface area contributed by atoms with Gasteiger partial charge in [-0.05, 0) is 25.0 Å². The summed E-state index contributed by atoms with van der Waals surface area (Å²) in [6.45, 7) is 0. The van der Waals surface area contributed by atoms with Crippen LogP contribution in [-0.2, 0) is 9.59 Å². The molecule has 6 heteroatoms. The van der Waals surface area contributed by atoms with Gasteiger partial charge >= 0.3 is 5.97 Å². The normalized spacial score (nSPS) is 16.8. The first-order valence-electron chi connectivity index (χ1n) is 4.48. The first-order chi connectivity index (χ1) is 7.15. The van der Waals surface area contributed by atoms with E-state index in [1.54, 1.807) is 12.1 Å². The molecule has 15 heavy (non-hydrogen) atoms. The van der Waals surface area contributed by atoms with E-state index in [0.717, 1.165) is 0 Å². The van der Waals surface area contributed by atoms with Gasteiger partial charge in [0.2, 0.25) is 5.91 Å². The van der Waals surface area contributed by atoms with E-state index in [1.807, 2.05) is 0 Å². The number of hydrogen-bond donors (Lipinski definition) is 2. The van der Waals surface area contributed by atoms with Crippen LogP contribution in [0.4, 0.5) is 5.82 Å². The molecule has 0 bridgehead atoms. The Bertz CT molecular complexity index is 400. The maximum atomic E-state index is 11.6. The summed E-state index contributed by atoms with van der Waals surface area (Å²) in [5, 5.41) is 18.5. The van der Waals surface area contributed by atoms with Crippen LogP contribution in [0.2, 0.25) is 0 Å². The highest BCUT2D eigenvalue weighted by Gasteiger charge is 2.57. The maximum Gasteiger partial charge on any atom is 0.319 e. The third-order valence-corrected chi connectivity index (χ3v) is 2.41. The molecule has 2 N–H and O–H groups in total. The molecule has 6 nitrogen and oxygen atoms in total. The summed E-state index contributed by atoms with van der Waals surface area (Å²) in [5.41, 5.74) is -1.24. The summed E-state index contributed by atoms with van der Waals surface area (Å²) in [5.74, 6) is -1.32. The van der Waals surface area contributed by atoms with Crippen LogP contribution >= 0.6 is 0 Å². The molecule has 1 amide bonds. The Morgan fingerprint density at radius 3 is 2.67 bits per heavy atom. The summed E-state index contributed by atoms with van der Waals surface area (Å²) in [6, 6.07) is 3.17. The highest BCUT2D eigenvalue weighted by atomic mass is 16.4. The van der Waals surface area contributed by atoms with E-state index >= 15 is 0 Å². The number of hydrogen-bond acceptors (Lipinski definition) is 4. The third kappa shape index (κ3) is 1.65. The Labute approximate surface area is 85.3 Å². The lowest BCUT2D eigenvalue weighted by Gasteiger charge is -2.08. The van der Waals surface area contributed by atoms with Gasteiger partial charge in [-0.1, -0.05) is 0 Å². The van der Waals surface area contributed by atoms with E-state index < -0.39 is 17.3 Å². The summed E-state index contributed by atoms with van der Waals surface area (Å²) in [4.78, 5) is 22.4. The zero-order chi connectivity index (χ0) is 10.9. The number of carboxylic acids is 1. The largest absolute Gasteiger partial charge is 0.480 e. The highest BCUT2D eigenvalue weighted by Crippen LogP contribution is 2.46. The van der Waals surface area contributed by atoms with Gasteiger partial charge in [-0.2, -0.15) is 5.10 Å². The first-order valence-corrected chi connectivity index (χ1v) is 4.48. The molecule has 1 saturated carbocycles. The summed E-state index contributed by atoms with van der Waals surface area (Å²) in [6.07, 6.45) is 2.24. The molecule has 1 fully saturated rings. The number of amides is 1. The number of rotatable bonds is 3. The topological polar surface area (TPSA) is 92.2 Å². The van der Waals surface area contributed by atoms with Crippen LogP contribution in [0, 0.1) is 5.41 Å². The Morgan fingerprint density at radius 1 is 1.47 bits per heavy atom. The summed E-state index contributed by atoms with van der Waals surface area (Å²) >= 11 is 0. The fraction of sp³-hybridized carbons (Fsp3) is 0.333. The fourth-order valence-corrected chi connectivity index (χ4v) is 1.27. The Hall–Kier alpha value is -1.98. The van der Waals surface area contributed by atoms with Gasteiger partial charge in [0.1, 0.15) is 5.41 Å². The lowest BCUT2D eigenvalue weighted by Crippen LogP contribution is -2.31. The van der Waals surface area contributed by atoms with Gasteiger partial charge < -0.3 is 10.4 Å². The lowest BCUT2D eigenvalue weighted by molar-refractivity contribution is -0.147. The SMILES string of the molecule is O=C(O)C1(C(=O)Nc2cccnn2)CC1. The van der Waals surface area contributed by atoms with Gasteiger partial charge in [-0.3, -0.25) is 9.59 Å². The van der Waals surface area contributed by atoms with Crippen molar-refractivity contribution in [1.82, 2.24) is 10.2 Å². The molecule has 0 radical (unpaired) electrons. The van der Waals surface area contributed by atoms with Crippen molar-refractivity contribution >= 4 is 17.7 Å². The fourth-order valence-electron chi connectivity index (χ4n) is 1.27. The third-order valence-electron chi connectivity index (χ3n) is 2.41. The summed E-state index contributed by atoms with van der Waals surface area (Å²) in [7, 11) is 0. The van der Waals surface area contributed by atoms with E-state index in [1.165, 1.54) is 6.20 Å². The second kappa shape index (κ2) is 3.30. The zero-order valence-electron chi connectivity index (χ0n) is 7.80. The monoisotopic (exact) mass is 207 g/mol. The van der Waals surface area contributed by atoms with Gasteiger partial charge in [0, 0.05) is 6.20 Å². The molecule has 1 aromatic rings. The van der Waals surface area contributed by atoms with Gasteiger partial charge in [0.25, 0.3) is 0 Å². The van der Waals surface area contributed by atoms with Gasteiger partial charge in [-0.15, -0.1) is 5.10 Å². The van der Waals surface area contributed by atoms with E-state index in [2.05, 4.69) is 15.5 Å². The number of carbonyl (C=O) groups excluding carboxylic acids is 1. The minimum absolute atomic E-state index is 0.273. The molecule has 1 aromatic heterocycles. The molecule has 0 saturated heterocycles. The Kier molecular flexibility index (Phi) is 2.11. The molecule has 0 unspecified atom stereocenters. The molecule has 1 aliphatic carbocycles. The Morgan fingerprint density at radius 2 is 2.20 bits per heavy atom. The maximum absolute atomic E-state index is 11.6. The number of aromatic nitrogens is 2. The molecule has 1 heterocycles. The van der Waals surface area contributed by atoms with Crippen LogP contribution in [0.5, 0.6) is 0 Å². The quantitative estimate of drug-likeness (QED) is 0.694. The molecule has 0 aliphatic heterocycles. The number of nitrogens with one attached hydrogen (secondary N) is 1. The minimum Gasteiger partial charge on any atom is -0.480 e. The minimum atomic E-state index is -1.24. The molecule has 0 aromatic carbocycles. The summed E-state index contributed by atoms with van der Waals surface area (Å²) < 4.78 is 0.